The van der Waals surface area contributed by atoms with Crippen LogP contribution in [0.15, 0.2) is 29.1 Å². The van der Waals surface area contributed by atoms with Crippen LogP contribution >= 0.6 is 0 Å². The highest BCUT2D eigenvalue weighted by Gasteiger charge is 2.03. The molecule has 2 aromatic rings. The molecule has 0 fully saturated rings. The molecule has 92 valence electrons. The van der Waals surface area contributed by atoms with Crippen molar-refractivity contribution in [2.75, 3.05) is 7.05 Å². The van der Waals surface area contributed by atoms with E-state index in [1.165, 1.54) is 12.6 Å². The lowest BCUT2D eigenvalue weighted by molar-refractivity contribution is 0.868. The molecule has 1 aromatic carbocycles. The van der Waals surface area contributed by atoms with Crippen molar-refractivity contribution in [3.05, 3.63) is 45.7 Å². The number of nitrogens with one attached hydrogen (secondary N) is 1. The quantitative estimate of drug-likeness (QED) is 0.793. The monoisotopic (exact) mass is 232 g/mol. The third kappa shape index (κ3) is 2.94. The van der Waals surface area contributed by atoms with Crippen LogP contribution in [0, 0.1) is 6.92 Å². The number of H-pyrrole nitrogens is 1. The second-order valence-electron chi connectivity index (χ2n) is 4.28. The lowest BCUT2D eigenvalue weighted by Gasteiger charge is -2.07. The fourth-order valence-corrected chi connectivity index (χ4v) is 1.76. The van der Waals surface area contributed by atoms with Gasteiger partial charge in [0.25, 0.3) is 0 Å². The number of hydrogen-bond donors (Lipinski definition) is 2. The Morgan fingerprint density at radius 3 is 2.41 bits per heavy atom. The standard InChI is InChI=1S/C13H15NO.CH5N/c1-8(2)10-4-5-11-12(7-10)14-9(3)6-13(11)15;1-2/h4-8H,1-3H3,(H,14,15);2H2,1H3. The van der Waals surface area contributed by atoms with Crippen LogP contribution in [0.4, 0.5) is 0 Å². The molecule has 3 N–H and O–H groups in total. The van der Waals surface area contributed by atoms with Gasteiger partial charge in [0, 0.05) is 22.7 Å². The summed E-state index contributed by atoms with van der Waals surface area (Å²) < 4.78 is 0. The summed E-state index contributed by atoms with van der Waals surface area (Å²) in [6.07, 6.45) is 0. The molecule has 3 nitrogen and oxygen atoms in total. The van der Waals surface area contributed by atoms with Crippen molar-refractivity contribution in [2.24, 2.45) is 5.73 Å². The first-order valence-electron chi connectivity index (χ1n) is 5.79. The molecule has 0 radical (unpaired) electrons. The van der Waals surface area contributed by atoms with Gasteiger partial charge < -0.3 is 10.7 Å². The van der Waals surface area contributed by atoms with E-state index < -0.39 is 0 Å². The zero-order valence-corrected chi connectivity index (χ0v) is 10.9. The topological polar surface area (TPSA) is 58.9 Å². The summed E-state index contributed by atoms with van der Waals surface area (Å²) in [5.74, 6) is 0.485. The molecule has 1 heterocycles. The van der Waals surface area contributed by atoms with Crippen molar-refractivity contribution >= 4 is 10.9 Å². The van der Waals surface area contributed by atoms with Crippen molar-refractivity contribution < 1.29 is 0 Å². The number of fused-ring (bicyclic) bond motifs is 1. The van der Waals surface area contributed by atoms with Gasteiger partial charge in [0.15, 0.2) is 5.43 Å². The van der Waals surface area contributed by atoms with Gasteiger partial charge >= 0.3 is 0 Å². The predicted molar refractivity (Wildman–Crippen MR) is 73.5 cm³/mol. The Bertz CT molecular complexity index is 556. The number of aromatic nitrogens is 1. The van der Waals surface area contributed by atoms with Crippen LogP contribution in [-0.4, -0.2) is 12.0 Å². The van der Waals surface area contributed by atoms with Gasteiger partial charge in [-0.2, -0.15) is 0 Å². The van der Waals surface area contributed by atoms with Gasteiger partial charge in [-0.25, -0.2) is 0 Å². The minimum Gasteiger partial charge on any atom is -0.358 e. The van der Waals surface area contributed by atoms with E-state index in [9.17, 15) is 4.79 Å². The van der Waals surface area contributed by atoms with Crippen molar-refractivity contribution in [3.8, 4) is 0 Å². The molecular formula is C14H20N2O. The van der Waals surface area contributed by atoms with Crippen LogP contribution in [-0.2, 0) is 0 Å². The molecule has 0 saturated carbocycles. The second kappa shape index (κ2) is 5.64. The molecule has 3 heteroatoms. The van der Waals surface area contributed by atoms with Gasteiger partial charge in [0.2, 0.25) is 0 Å². The molecule has 0 aliphatic heterocycles. The molecule has 17 heavy (non-hydrogen) atoms. The molecule has 0 unspecified atom stereocenters. The summed E-state index contributed by atoms with van der Waals surface area (Å²) >= 11 is 0. The van der Waals surface area contributed by atoms with Crippen LogP contribution in [0.2, 0.25) is 0 Å². The SMILES string of the molecule is CN.Cc1cc(=O)c2ccc(C(C)C)cc2[nH]1. The molecule has 0 atom stereocenters. The van der Waals surface area contributed by atoms with Crippen molar-refractivity contribution in [1.82, 2.24) is 4.98 Å². The molecule has 0 spiro atoms. The summed E-state index contributed by atoms with van der Waals surface area (Å²) in [4.78, 5) is 14.9. The van der Waals surface area contributed by atoms with Crippen molar-refractivity contribution in [2.45, 2.75) is 26.7 Å². The molecule has 0 aliphatic rings. The van der Waals surface area contributed by atoms with E-state index in [1.807, 2.05) is 19.1 Å². The van der Waals surface area contributed by atoms with Crippen LogP contribution < -0.4 is 11.2 Å². The molecule has 0 amide bonds. The largest absolute Gasteiger partial charge is 0.358 e. The Balaban J connectivity index is 0.000000686. The summed E-state index contributed by atoms with van der Waals surface area (Å²) in [6, 6.07) is 7.63. The maximum absolute atomic E-state index is 11.7. The van der Waals surface area contributed by atoms with E-state index in [0.717, 1.165) is 16.6 Å². The fraction of sp³-hybridized carbons (Fsp3) is 0.357. The van der Waals surface area contributed by atoms with Crippen LogP contribution in [0.3, 0.4) is 0 Å². The molecule has 1 aromatic heterocycles. The average Bonchev–Trinajstić information content (AvgIpc) is 2.30. The minimum atomic E-state index is 0.0940. The first-order valence-corrected chi connectivity index (χ1v) is 5.79. The van der Waals surface area contributed by atoms with Gasteiger partial charge in [-0.3, -0.25) is 4.79 Å². The Hall–Kier alpha value is -1.61. The zero-order valence-electron chi connectivity index (χ0n) is 10.9. The lowest BCUT2D eigenvalue weighted by atomic mass is 10.0. The number of hydrogen-bond acceptors (Lipinski definition) is 2. The third-order valence-corrected chi connectivity index (χ3v) is 2.66. The number of pyridine rings is 1. The predicted octanol–water partition coefficient (Wildman–Crippen LogP) is 2.53. The van der Waals surface area contributed by atoms with E-state index in [-0.39, 0.29) is 5.43 Å². The highest BCUT2D eigenvalue weighted by Crippen LogP contribution is 2.18. The molecule has 0 saturated heterocycles. The Labute approximate surface area is 102 Å². The van der Waals surface area contributed by atoms with Gasteiger partial charge in [-0.15, -0.1) is 0 Å². The normalized spacial score (nSPS) is 10.2. The Morgan fingerprint density at radius 1 is 1.18 bits per heavy atom. The van der Waals surface area contributed by atoms with Gasteiger partial charge in [0.1, 0.15) is 0 Å². The minimum absolute atomic E-state index is 0.0940. The fourth-order valence-electron chi connectivity index (χ4n) is 1.76. The first-order chi connectivity index (χ1) is 8.08. The van der Waals surface area contributed by atoms with E-state index in [4.69, 9.17) is 0 Å². The number of nitrogens with two attached hydrogens (primary N) is 1. The number of aromatic amines is 1. The van der Waals surface area contributed by atoms with Crippen molar-refractivity contribution in [3.63, 3.8) is 0 Å². The Kier molecular flexibility index (Phi) is 4.46. The highest BCUT2D eigenvalue weighted by molar-refractivity contribution is 5.79. The summed E-state index contributed by atoms with van der Waals surface area (Å²) in [5, 5.41) is 0.769. The molecular weight excluding hydrogens is 212 g/mol. The molecule has 0 bridgehead atoms. The van der Waals surface area contributed by atoms with Gasteiger partial charge in [-0.05, 0) is 37.6 Å². The Morgan fingerprint density at radius 2 is 1.82 bits per heavy atom. The van der Waals surface area contributed by atoms with Gasteiger partial charge in [0.05, 0.1) is 0 Å². The van der Waals surface area contributed by atoms with Gasteiger partial charge in [-0.1, -0.05) is 19.9 Å². The second-order valence-corrected chi connectivity index (χ2v) is 4.28. The zero-order chi connectivity index (χ0) is 13.0. The lowest BCUT2D eigenvalue weighted by Crippen LogP contribution is -2.03. The maximum Gasteiger partial charge on any atom is 0.189 e. The van der Waals surface area contributed by atoms with Crippen LogP contribution in [0.5, 0.6) is 0 Å². The molecule has 0 aliphatic carbocycles. The van der Waals surface area contributed by atoms with Crippen molar-refractivity contribution in [1.29, 1.82) is 0 Å². The maximum atomic E-state index is 11.7. The smallest absolute Gasteiger partial charge is 0.189 e. The first kappa shape index (κ1) is 13.5. The summed E-state index contributed by atoms with van der Waals surface area (Å²) in [6.45, 7) is 6.20. The third-order valence-electron chi connectivity index (χ3n) is 2.66. The number of rotatable bonds is 1. The van der Waals surface area contributed by atoms with E-state index >= 15 is 0 Å². The van der Waals surface area contributed by atoms with Crippen LogP contribution in [0.25, 0.3) is 10.9 Å². The number of benzene rings is 1. The van der Waals surface area contributed by atoms with E-state index in [2.05, 4.69) is 30.6 Å². The number of aryl methyl sites for hydroxylation is 1. The van der Waals surface area contributed by atoms with E-state index in [1.54, 1.807) is 6.07 Å². The summed E-state index contributed by atoms with van der Waals surface area (Å²) in [7, 11) is 1.50. The highest BCUT2D eigenvalue weighted by atomic mass is 16.1. The molecule has 2 rings (SSSR count). The average molecular weight is 232 g/mol. The van der Waals surface area contributed by atoms with E-state index in [0.29, 0.717) is 5.92 Å². The summed E-state index contributed by atoms with van der Waals surface area (Å²) in [5.41, 5.74) is 7.69. The van der Waals surface area contributed by atoms with Crippen LogP contribution in [0.1, 0.15) is 31.0 Å².